The van der Waals surface area contributed by atoms with Crippen LogP contribution in [0.25, 0.3) is 0 Å². The molecule has 2 aliphatic carbocycles. The Morgan fingerprint density at radius 3 is 2.39 bits per heavy atom. The zero-order valence-electron chi connectivity index (χ0n) is 17.5. The zero-order chi connectivity index (χ0) is 19.4. The minimum Gasteiger partial charge on any atom is -0.268 e. The predicted octanol–water partition coefficient (Wildman–Crippen LogP) is 6.53. The van der Waals surface area contributed by atoms with Crippen LogP contribution in [0.3, 0.4) is 0 Å². The molecule has 0 radical (unpaired) electrons. The van der Waals surface area contributed by atoms with Crippen LogP contribution in [0.5, 0.6) is 0 Å². The molecule has 3 heteroatoms. The van der Waals surface area contributed by atoms with Gasteiger partial charge in [0.25, 0.3) is 0 Å². The molecule has 1 spiro atoms. The maximum absolute atomic E-state index is 6.47. The number of hydroxylamine groups is 1. The Balaban J connectivity index is 1.52. The van der Waals surface area contributed by atoms with Gasteiger partial charge in [0, 0.05) is 11.9 Å². The van der Waals surface area contributed by atoms with E-state index in [9.17, 15) is 0 Å². The Hall–Kier alpha value is -1.87. The maximum Gasteiger partial charge on any atom is 0.0999 e. The number of anilines is 1. The molecule has 1 aromatic heterocycles. The fourth-order valence-corrected chi connectivity index (χ4v) is 5.21. The zero-order valence-corrected chi connectivity index (χ0v) is 17.5. The van der Waals surface area contributed by atoms with Crippen LogP contribution >= 0.6 is 0 Å². The normalized spacial score (nSPS) is 19.6. The molecule has 2 aliphatic rings. The van der Waals surface area contributed by atoms with Gasteiger partial charge in [0.2, 0.25) is 0 Å². The topological polar surface area (TPSA) is 25.4 Å². The van der Waals surface area contributed by atoms with Gasteiger partial charge in [-0.3, -0.25) is 14.9 Å². The van der Waals surface area contributed by atoms with Gasteiger partial charge in [-0.05, 0) is 75.0 Å². The fraction of sp³-hybridized carbons (Fsp3) is 0.560. The van der Waals surface area contributed by atoms with Crippen LogP contribution in [0.4, 0.5) is 5.69 Å². The molecule has 0 aliphatic heterocycles. The van der Waals surface area contributed by atoms with Crippen molar-refractivity contribution >= 4 is 5.69 Å². The molecular weight excluding hydrogens is 344 g/mol. The second kappa shape index (κ2) is 8.65. The second-order valence-electron chi connectivity index (χ2n) is 8.92. The third kappa shape index (κ3) is 4.25. The van der Waals surface area contributed by atoms with Crippen LogP contribution in [0.2, 0.25) is 0 Å². The highest BCUT2D eigenvalue weighted by atomic mass is 16.7. The Bertz CT molecular complexity index is 757. The van der Waals surface area contributed by atoms with Crippen molar-refractivity contribution in [2.75, 3.05) is 5.06 Å². The molecule has 28 heavy (non-hydrogen) atoms. The van der Waals surface area contributed by atoms with Crippen molar-refractivity contribution in [1.82, 2.24) is 4.98 Å². The van der Waals surface area contributed by atoms with Crippen LogP contribution < -0.4 is 5.06 Å². The molecule has 0 N–H and O–H groups in total. The Morgan fingerprint density at radius 2 is 1.68 bits per heavy atom. The SMILES string of the molecule is Cc1nccc(N(OCc2ccccc2)C2CCC3(CCCCC3)CC2)c1C. The van der Waals surface area contributed by atoms with E-state index in [4.69, 9.17) is 4.84 Å². The van der Waals surface area contributed by atoms with E-state index in [1.165, 1.54) is 74.6 Å². The number of hydrogen-bond donors (Lipinski definition) is 0. The number of rotatable bonds is 5. The van der Waals surface area contributed by atoms with Crippen LogP contribution in [0.15, 0.2) is 42.6 Å². The number of aryl methyl sites for hydroxylation is 1. The van der Waals surface area contributed by atoms with E-state index < -0.39 is 0 Å². The van der Waals surface area contributed by atoms with Gasteiger partial charge in [0.1, 0.15) is 0 Å². The monoisotopic (exact) mass is 378 g/mol. The third-order valence-corrected chi connectivity index (χ3v) is 7.14. The summed E-state index contributed by atoms with van der Waals surface area (Å²) in [5.41, 5.74) is 5.35. The molecule has 0 bridgehead atoms. The lowest BCUT2D eigenvalue weighted by atomic mass is 9.64. The summed E-state index contributed by atoms with van der Waals surface area (Å²) in [7, 11) is 0. The van der Waals surface area contributed by atoms with Gasteiger partial charge in [-0.2, -0.15) is 0 Å². The Morgan fingerprint density at radius 1 is 0.964 bits per heavy atom. The standard InChI is InChI=1S/C25H34N2O/c1-20-21(2)26-18-13-24(20)27(28-19-22-9-5-3-6-10-22)23-11-16-25(17-12-23)14-7-4-8-15-25/h3,5-6,9-10,13,18,23H,4,7-8,11-12,14-17,19H2,1-2H3. The van der Waals surface area contributed by atoms with E-state index in [1.54, 1.807) is 0 Å². The van der Waals surface area contributed by atoms with Crippen LogP contribution in [-0.2, 0) is 11.4 Å². The molecule has 1 aromatic carbocycles. The first-order chi connectivity index (χ1) is 13.7. The summed E-state index contributed by atoms with van der Waals surface area (Å²) >= 11 is 0. The van der Waals surface area contributed by atoms with Gasteiger partial charge in [-0.25, -0.2) is 0 Å². The third-order valence-electron chi connectivity index (χ3n) is 7.14. The van der Waals surface area contributed by atoms with Crippen molar-refractivity contribution < 1.29 is 4.84 Å². The number of aromatic nitrogens is 1. The summed E-state index contributed by atoms with van der Waals surface area (Å²) in [6.07, 6.45) is 14.3. The van der Waals surface area contributed by atoms with E-state index in [0.29, 0.717) is 18.1 Å². The van der Waals surface area contributed by atoms with Crippen molar-refractivity contribution in [1.29, 1.82) is 0 Å². The van der Waals surface area contributed by atoms with Crippen molar-refractivity contribution in [3.63, 3.8) is 0 Å². The van der Waals surface area contributed by atoms with Gasteiger partial charge in [-0.1, -0.05) is 49.6 Å². The molecule has 0 saturated heterocycles. The van der Waals surface area contributed by atoms with Crippen molar-refractivity contribution in [3.8, 4) is 0 Å². The highest BCUT2D eigenvalue weighted by molar-refractivity contribution is 5.52. The Labute approximate surface area is 170 Å². The number of hydrogen-bond acceptors (Lipinski definition) is 3. The Kier molecular flexibility index (Phi) is 6.01. The van der Waals surface area contributed by atoms with Crippen molar-refractivity contribution in [2.45, 2.75) is 84.3 Å². The molecule has 2 saturated carbocycles. The number of benzene rings is 1. The van der Waals surface area contributed by atoms with E-state index in [1.807, 2.05) is 6.20 Å². The van der Waals surface area contributed by atoms with Crippen LogP contribution in [-0.4, -0.2) is 11.0 Å². The summed E-state index contributed by atoms with van der Waals surface area (Å²) < 4.78 is 0. The maximum atomic E-state index is 6.47. The van der Waals surface area contributed by atoms with Gasteiger partial charge in [0.15, 0.2) is 0 Å². The molecule has 1 heterocycles. The molecule has 2 aromatic rings. The lowest BCUT2D eigenvalue weighted by molar-refractivity contribution is 0.0367. The van der Waals surface area contributed by atoms with Crippen molar-refractivity contribution in [2.24, 2.45) is 5.41 Å². The molecular formula is C25H34N2O. The summed E-state index contributed by atoms with van der Waals surface area (Å²) in [4.78, 5) is 10.9. The number of nitrogens with zero attached hydrogens (tertiary/aromatic N) is 2. The summed E-state index contributed by atoms with van der Waals surface area (Å²) in [6, 6.07) is 13.1. The van der Waals surface area contributed by atoms with Gasteiger partial charge in [0.05, 0.1) is 18.3 Å². The lowest BCUT2D eigenvalue weighted by Gasteiger charge is -2.45. The molecule has 3 nitrogen and oxygen atoms in total. The minimum absolute atomic E-state index is 0.455. The van der Waals surface area contributed by atoms with E-state index >= 15 is 0 Å². The summed E-state index contributed by atoms with van der Waals surface area (Å²) in [5, 5.41) is 2.23. The fourth-order valence-electron chi connectivity index (χ4n) is 5.21. The van der Waals surface area contributed by atoms with Gasteiger partial charge >= 0.3 is 0 Å². The average Bonchev–Trinajstić information content (AvgIpc) is 2.74. The van der Waals surface area contributed by atoms with Crippen LogP contribution in [0, 0.1) is 19.3 Å². The van der Waals surface area contributed by atoms with Gasteiger partial charge < -0.3 is 0 Å². The minimum atomic E-state index is 0.455. The first-order valence-corrected chi connectivity index (χ1v) is 11.1. The predicted molar refractivity (Wildman–Crippen MR) is 115 cm³/mol. The molecule has 0 atom stereocenters. The summed E-state index contributed by atoms with van der Waals surface area (Å²) in [6.45, 7) is 4.87. The smallest absolute Gasteiger partial charge is 0.0999 e. The highest BCUT2D eigenvalue weighted by Crippen LogP contribution is 2.48. The average molecular weight is 379 g/mol. The van der Waals surface area contributed by atoms with E-state index in [2.05, 4.69) is 60.3 Å². The molecule has 0 amide bonds. The highest BCUT2D eigenvalue weighted by Gasteiger charge is 2.38. The first-order valence-electron chi connectivity index (χ1n) is 11.1. The van der Waals surface area contributed by atoms with E-state index in [0.717, 1.165) is 5.69 Å². The lowest BCUT2D eigenvalue weighted by Crippen LogP contribution is -2.42. The molecule has 0 unspecified atom stereocenters. The largest absolute Gasteiger partial charge is 0.268 e. The quantitative estimate of drug-likeness (QED) is 0.553. The number of pyridine rings is 1. The molecule has 4 rings (SSSR count). The molecule has 2 fully saturated rings. The summed E-state index contributed by atoms with van der Waals surface area (Å²) in [5.74, 6) is 0. The van der Waals surface area contributed by atoms with Crippen molar-refractivity contribution in [3.05, 3.63) is 59.4 Å². The molecule has 150 valence electrons. The van der Waals surface area contributed by atoms with Crippen LogP contribution in [0.1, 0.15) is 74.6 Å². The van der Waals surface area contributed by atoms with Gasteiger partial charge in [-0.15, -0.1) is 0 Å². The second-order valence-corrected chi connectivity index (χ2v) is 8.92. The first kappa shape index (κ1) is 19.4. The van der Waals surface area contributed by atoms with E-state index in [-0.39, 0.29) is 0 Å².